The van der Waals surface area contributed by atoms with Gasteiger partial charge in [-0.2, -0.15) is 0 Å². The van der Waals surface area contributed by atoms with E-state index in [-0.39, 0.29) is 6.42 Å². The second-order valence-electron chi connectivity index (χ2n) is 7.92. The summed E-state index contributed by atoms with van der Waals surface area (Å²) >= 11 is 0. The van der Waals surface area contributed by atoms with Gasteiger partial charge in [0.25, 0.3) is 5.91 Å². The highest BCUT2D eigenvalue weighted by Gasteiger charge is 2.23. The molecule has 3 rings (SSSR count). The van der Waals surface area contributed by atoms with E-state index in [9.17, 15) is 14.4 Å². The monoisotopic (exact) mass is 396 g/mol. The Morgan fingerprint density at radius 3 is 2.55 bits per heavy atom. The van der Waals surface area contributed by atoms with Crippen LogP contribution in [0.1, 0.15) is 33.3 Å². The van der Waals surface area contributed by atoms with Crippen LogP contribution in [0.5, 0.6) is 0 Å². The lowest BCUT2D eigenvalue weighted by Gasteiger charge is -2.21. The molecule has 2 N–H and O–H groups in total. The lowest BCUT2D eigenvalue weighted by molar-refractivity contribution is -0.153. The first kappa shape index (κ1) is 20.4. The Bertz CT molecular complexity index is 1080. The Morgan fingerprint density at radius 2 is 1.83 bits per heavy atom. The Balaban J connectivity index is 1.67. The smallest absolute Gasteiger partial charge is 0.321 e. The molecule has 3 aromatic rings. The van der Waals surface area contributed by atoms with Crippen molar-refractivity contribution < 1.29 is 23.5 Å². The molecule has 0 aliphatic rings. The van der Waals surface area contributed by atoms with Gasteiger partial charge in [-0.25, -0.2) is 4.79 Å². The van der Waals surface area contributed by atoms with Crippen molar-refractivity contribution in [3.05, 3.63) is 48.2 Å². The number of carbonyl (C=O) groups is 3. The Hall–Kier alpha value is -3.35. The van der Waals surface area contributed by atoms with Crippen LogP contribution in [0, 0.1) is 0 Å². The normalized spacial score (nSPS) is 12.6. The summed E-state index contributed by atoms with van der Waals surface area (Å²) in [5.41, 5.74) is 0.867. The highest BCUT2D eigenvalue weighted by Crippen LogP contribution is 2.30. The zero-order chi connectivity index (χ0) is 21.2. The number of ether oxygens (including phenoxy) is 1. The fourth-order valence-electron chi connectivity index (χ4n) is 3.04. The van der Waals surface area contributed by atoms with E-state index in [4.69, 9.17) is 9.15 Å². The minimum absolute atomic E-state index is 0.0488. The summed E-state index contributed by atoms with van der Waals surface area (Å²) in [4.78, 5) is 36.3. The Kier molecular flexibility index (Phi) is 5.59. The number of carbonyl (C=O) groups excluding carboxylic acids is 3. The van der Waals surface area contributed by atoms with Gasteiger partial charge in [0.1, 0.15) is 5.58 Å². The number of benzene rings is 2. The van der Waals surface area contributed by atoms with Gasteiger partial charge in [-0.15, -0.1) is 0 Å². The van der Waals surface area contributed by atoms with Crippen molar-refractivity contribution in [3.63, 3.8) is 0 Å². The number of rotatable bonds is 4. The van der Waals surface area contributed by atoms with Crippen LogP contribution in [0.2, 0.25) is 0 Å². The second kappa shape index (κ2) is 7.95. The summed E-state index contributed by atoms with van der Waals surface area (Å²) in [5.74, 6) is -1.28. The van der Waals surface area contributed by atoms with Gasteiger partial charge in [0.05, 0.1) is 12.7 Å². The van der Waals surface area contributed by atoms with Gasteiger partial charge in [-0.3, -0.25) is 14.9 Å². The number of urea groups is 1. The fourth-order valence-corrected chi connectivity index (χ4v) is 3.04. The van der Waals surface area contributed by atoms with E-state index in [1.165, 1.54) is 13.2 Å². The van der Waals surface area contributed by atoms with Gasteiger partial charge in [-0.05, 0) is 44.5 Å². The Morgan fingerprint density at radius 1 is 1.10 bits per heavy atom. The molecule has 0 unspecified atom stereocenters. The van der Waals surface area contributed by atoms with Gasteiger partial charge in [-0.1, -0.05) is 30.3 Å². The summed E-state index contributed by atoms with van der Waals surface area (Å²) in [6.07, 6.45) is 0.371. The maximum Gasteiger partial charge on any atom is 0.321 e. The van der Waals surface area contributed by atoms with Crippen LogP contribution in [0.15, 0.2) is 47.1 Å². The largest absolute Gasteiger partial charge is 0.464 e. The predicted octanol–water partition coefficient (Wildman–Crippen LogP) is 3.68. The second-order valence-corrected chi connectivity index (χ2v) is 7.92. The minimum atomic E-state index is -1.11. The van der Waals surface area contributed by atoms with E-state index in [1.807, 2.05) is 36.4 Å². The number of esters is 1. The summed E-state index contributed by atoms with van der Waals surface area (Å²) in [7, 11) is 0. The molecule has 1 aromatic heterocycles. The first-order chi connectivity index (χ1) is 13.6. The van der Waals surface area contributed by atoms with Crippen molar-refractivity contribution in [1.82, 2.24) is 10.6 Å². The first-order valence-corrected chi connectivity index (χ1v) is 9.34. The molecule has 1 heterocycles. The zero-order valence-electron chi connectivity index (χ0n) is 16.9. The molecular formula is C22H24N2O5. The van der Waals surface area contributed by atoms with E-state index < -0.39 is 29.6 Å². The average Bonchev–Trinajstić information content (AvgIpc) is 3.03. The third-order valence-electron chi connectivity index (χ3n) is 4.28. The van der Waals surface area contributed by atoms with Crippen LogP contribution < -0.4 is 10.6 Å². The standard InChI is InChI=1S/C22H24N2O5/c1-13(20(26)23-21(27)24-22(2,3)4)29-18(25)11-15-12-28-17-10-9-14-7-5-6-8-16(14)19(15)17/h5-10,12-13H,11H2,1-4H3,(H2,23,24,26,27)/t13-/m1/s1. The maximum absolute atomic E-state index is 12.4. The van der Waals surface area contributed by atoms with Crippen LogP contribution in [0.4, 0.5) is 4.79 Å². The quantitative estimate of drug-likeness (QED) is 0.656. The fraction of sp³-hybridized carbons (Fsp3) is 0.318. The highest BCUT2D eigenvalue weighted by molar-refractivity contribution is 6.08. The van der Waals surface area contributed by atoms with E-state index in [2.05, 4.69) is 10.6 Å². The molecule has 0 saturated heterocycles. The van der Waals surface area contributed by atoms with E-state index in [1.54, 1.807) is 20.8 Å². The van der Waals surface area contributed by atoms with Crippen molar-refractivity contribution in [2.45, 2.75) is 45.8 Å². The molecule has 7 heteroatoms. The topological polar surface area (TPSA) is 97.6 Å². The van der Waals surface area contributed by atoms with Crippen molar-refractivity contribution in [2.75, 3.05) is 0 Å². The number of fused-ring (bicyclic) bond motifs is 3. The average molecular weight is 396 g/mol. The summed E-state index contributed by atoms with van der Waals surface area (Å²) in [6.45, 7) is 6.79. The molecule has 7 nitrogen and oxygen atoms in total. The molecule has 0 saturated carbocycles. The molecule has 152 valence electrons. The highest BCUT2D eigenvalue weighted by atomic mass is 16.5. The van der Waals surface area contributed by atoms with Gasteiger partial charge in [0.15, 0.2) is 6.10 Å². The van der Waals surface area contributed by atoms with Gasteiger partial charge in [0.2, 0.25) is 0 Å². The van der Waals surface area contributed by atoms with Gasteiger partial charge in [0, 0.05) is 16.5 Å². The predicted molar refractivity (Wildman–Crippen MR) is 109 cm³/mol. The SMILES string of the molecule is C[C@@H](OC(=O)Cc1coc2ccc3ccccc3c12)C(=O)NC(=O)NC(C)(C)C. The Labute approximate surface area is 168 Å². The molecular weight excluding hydrogens is 372 g/mol. The van der Waals surface area contributed by atoms with E-state index >= 15 is 0 Å². The van der Waals surface area contributed by atoms with E-state index in [0.29, 0.717) is 11.1 Å². The van der Waals surface area contributed by atoms with Crippen molar-refractivity contribution in [1.29, 1.82) is 0 Å². The number of imide groups is 1. The first-order valence-electron chi connectivity index (χ1n) is 9.34. The molecule has 0 fully saturated rings. The number of amides is 3. The molecule has 3 amide bonds. The van der Waals surface area contributed by atoms with Gasteiger partial charge < -0.3 is 14.5 Å². The molecule has 0 aliphatic heterocycles. The third kappa shape index (κ3) is 4.93. The van der Waals surface area contributed by atoms with Crippen LogP contribution in [0.25, 0.3) is 21.7 Å². The molecule has 0 bridgehead atoms. The van der Waals surface area contributed by atoms with Crippen LogP contribution in [-0.2, 0) is 20.7 Å². The summed E-state index contributed by atoms with van der Waals surface area (Å²) in [5, 5.41) is 7.64. The number of hydrogen-bond acceptors (Lipinski definition) is 5. The number of furan rings is 1. The molecule has 2 aromatic carbocycles. The lowest BCUT2D eigenvalue weighted by Crippen LogP contribution is -2.50. The number of nitrogens with one attached hydrogen (secondary N) is 2. The van der Waals surface area contributed by atoms with Crippen LogP contribution in [-0.4, -0.2) is 29.6 Å². The third-order valence-corrected chi connectivity index (χ3v) is 4.28. The molecule has 29 heavy (non-hydrogen) atoms. The molecule has 1 atom stereocenters. The van der Waals surface area contributed by atoms with E-state index in [0.717, 1.165) is 16.2 Å². The van der Waals surface area contributed by atoms with Crippen LogP contribution >= 0.6 is 0 Å². The van der Waals surface area contributed by atoms with Crippen molar-refractivity contribution >= 4 is 39.6 Å². The minimum Gasteiger partial charge on any atom is -0.464 e. The van der Waals surface area contributed by atoms with Crippen LogP contribution in [0.3, 0.4) is 0 Å². The van der Waals surface area contributed by atoms with Crippen molar-refractivity contribution in [2.24, 2.45) is 0 Å². The zero-order valence-corrected chi connectivity index (χ0v) is 16.9. The summed E-state index contributed by atoms with van der Waals surface area (Å²) < 4.78 is 10.8. The lowest BCUT2D eigenvalue weighted by atomic mass is 10.0. The number of hydrogen-bond donors (Lipinski definition) is 2. The van der Waals surface area contributed by atoms with Gasteiger partial charge >= 0.3 is 12.0 Å². The maximum atomic E-state index is 12.4. The molecule has 0 radical (unpaired) electrons. The summed E-state index contributed by atoms with van der Waals surface area (Å²) in [6, 6.07) is 11.0. The molecule has 0 aliphatic carbocycles. The van der Waals surface area contributed by atoms with Crippen molar-refractivity contribution in [3.8, 4) is 0 Å². The molecule has 0 spiro atoms.